The number of hydrogen-bond donors (Lipinski definition) is 1. The number of anilines is 1. The predicted molar refractivity (Wildman–Crippen MR) is 110 cm³/mol. The lowest BCUT2D eigenvalue weighted by Gasteiger charge is -2.19. The van der Waals surface area contributed by atoms with Crippen molar-refractivity contribution in [3.8, 4) is 0 Å². The van der Waals surface area contributed by atoms with Gasteiger partial charge in [-0.25, -0.2) is 4.79 Å². The molecule has 0 fully saturated rings. The Kier molecular flexibility index (Phi) is 6.78. The number of rotatable bonds is 7. The zero-order valence-electron chi connectivity index (χ0n) is 16.0. The number of nitrogens with zero attached hydrogens (tertiary/aromatic N) is 3. The van der Waals surface area contributed by atoms with E-state index in [0.29, 0.717) is 13.1 Å². The van der Waals surface area contributed by atoms with Crippen LogP contribution in [0.25, 0.3) is 0 Å². The molecule has 0 unspecified atom stereocenters. The number of benzene rings is 1. The Labute approximate surface area is 166 Å². The van der Waals surface area contributed by atoms with Gasteiger partial charge in [0.1, 0.15) is 11.4 Å². The fraction of sp³-hybridized carbons (Fsp3) is 0.421. The van der Waals surface area contributed by atoms with Crippen molar-refractivity contribution in [2.24, 2.45) is 13.0 Å². The maximum absolute atomic E-state index is 12.8. The molecule has 0 atom stereocenters. The molecule has 27 heavy (non-hydrogen) atoms. The molecule has 8 heteroatoms. The highest BCUT2D eigenvalue weighted by molar-refractivity contribution is 9.10. The minimum absolute atomic E-state index is 0.0145. The molecule has 0 radical (unpaired) electrons. The molecular formula is C19H25BrN4O3. The fourth-order valence-corrected chi connectivity index (χ4v) is 3.29. The van der Waals surface area contributed by atoms with Crippen molar-refractivity contribution in [1.29, 1.82) is 0 Å². The molecule has 0 saturated carbocycles. The number of ketones is 1. The second kappa shape index (κ2) is 8.67. The van der Waals surface area contributed by atoms with Gasteiger partial charge < -0.3 is 5.73 Å². The monoisotopic (exact) mass is 436 g/mol. The van der Waals surface area contributed by atoms with Gasteiger partial charge in [-0.2, -0.15) is 0 Å². The number of likely N-dealkylation sites (N-methyl/N-ethyl adjacent to an activating group) is 1. The quantitative estimate of drug-likeness (QED) is 0.668. The molecule has 0 saturated heterocycles. The molecule has 0 spiro atoms. The van der Waals surface area contributed by atoms with Crippen LogP contribution in [0.4, 0.5) is 5.82 Å². The number of nitrogens with two attached hydrogens (primary N) is 1. The molecule has 2 aromatic rings. The van der Waals surface area contributed by atoms with Gasteiger partial charge in [0.05, 0.1) is 6.54 Å². The standard InChI is InChI=1S/C19H25BrN4O3/c1-12(2)9-24-17(21)16(18(26)23(4)19(24)27)15(25)11-22(3)10-13-7-5-6-8-14(13)20/h5-8,12H,9-11,21H2,1-4H3. The van der Waals surface area contributed by atoms with Crippen LogP contribution in [-0.4, -0.2) is 33.4 Å². The summed E-state index contributed by atoms with van der Waals surface area (Å²) in [4.78, 5) is 39.5. The molecule has 0 aliphatic carbocycles. The van der Waals surface area contributed by atoms with Gasteiger partial charge in [0.2, 0.25) is 0 Å². The number of aromatic nitrogens is 2. The molecule has 2 rings (SSSR count). The molecule has 0 aliphatic rings. The van der Waals surface area contributed by atoms with Gasteiger partial charge >= 0.3 is 5.69 Å². The molecule has 146 valence electrons. The lowest BCUT2D eigenvalue weighted by atomic mass is 10.1. The van der Waals surface area contributed by atoms with Crippen molar-refractivity contribution in [1.82, 2.24) is 14.0 Å². The van der Waals surface area contributed by atoms with Crippen LogP contribution in [-0.2, 0) is 20.1 Å². The van der Waals surface area contributed by atoms with Crippen molar-refractivity contribution in [2.45, 2.75) is 26.9 Å². The van der Waals surface area contributed by atoms with Crippen LogP contribution in [0.2, 0.25) is 0 Å². The molecule has 0 amide bonds. The summed E-state index contributed by atoms with van der Waals surface area (Å²) in [6.07, 6.45) is 0. The lowest BCUT2D eigenvalue weighted by Crippen LogP contribution is -2.44. The first kappa shape index (κ1) is 21.1. The third-order valence-electron chi connectivity index (χ3n) is 4.22. The lowest BCUT2D eigenvalue weighted by molar-refractivity contribution is 0.0940. The van der Waals surface area contributed by atoms with E-state index >= 15 is 0 Å². The minimum atomic E-state index is -0.656. The van der Waals surface area contributed by atoms with Crippen LogP contribution in [0.1, 0.15) is 29.8 Å². The second-order valence-corrected chi connectivity index (χ2v) is 7.95. The predicted octanol–water partition coefficient (Wildman–Crippen LogP) is 1.86. The maximum Gasteiger partial charge on any atom is 0.332 e. The van der Waals surface area contributed by atoms with Crippen molar-refractivity contribution in [3.05, 3.63) is 60.7 Å². The summed E-state index contributed by atoms with van der Waals surface area (Å²) >= 11 is 3.49. The Bertz CT molecular complexity index is 962. The van der Waals surface area contributed by atoms with Crippen LogP contribution < -0.4 is 17.0 Å². The first-order valence-electron chi connectivity index (χ1n) is 8.67. The van der Waals surface area contributed by atoms with E-state index in [9.17, 15) is 14.4 Å². The van der Waals surface area contributed by atoms with Gasteiger partial charge in [-0.15, -0.1) is 0 Å². The Morgan fingerprint density at radius 1 is 1.26 bits per heavy atom. The molecule has 1 heterocycles. The maximum atomic E-state index is 12.8. The Hall–Kier alpha value is -2.19. The molecular weight excluding hydrogens is 412 g/mol. The molecule has 0 bridgehead atoms. The summed E-state index contributed by atoms with van der Waals surface area (Å²) in [6, 6.07) is 7.73. The summed E-state index contributed by atoms with van der Waals surface area (Å²) in [5, 5.41) is 0. The number of halogens is 1. The van der Waals surface area contributed by atoms with Crippen LogP contribution in [0.3, 0.4) is 0 Å². The van der Waals surface area contributed by atoms with Crippen molar-refractivity contribution < 1.29 is 4.79 Å². The van der Waals surface area contributed by atoms with Gasteiger partial charge in [0.15, 0.2) is 5.78 Å². The number of carbonyl (C=O) groups is 1. The summed E-state index contributed by atoms with van der Waals surface area (Å²) in [6.45, 7) is 4.75. The third-order valence-corrected chi connectivity index (χ3v) is 5.00. The molecule has 2 N–H and O–H groups in total. The highest BCUT2D eigenvalue weighted by Crippen LogP contribution is 2.17. The molecule has 1 aromatic carbocycles. The molecule has 0 aliphatic heterocycles. The summed E-state index contributed by atoms with van der Waals surface area (Å²) in [5.74, 6) is -0.320. The van der Waals surface area contributed by atoms with Gasteiger partial charge in [0, 0.05) is 24.6 Å². The average molecular weight is 437 g/mol. The van der Waals surface area contributed by atoms with E-state index in [1.165, 1.54) is 11.6 Å². The van der Waals surface area contributed by atoms with Gasteiger partial charge in [0.25, 0.3) is 5.56 Å². The zero-order valence-corrected chi connectivity index (χ0v) is 17.6. The summed E-state index contributed by atoms with van der Waals surface area (Å²) < 4.78 is 3.19. The topological polar surface area (TPSA) is 90.3 Å². The first-order chi connectivity index (χ1) is 12.6. The highest BCUT2D eigenvalue weighted by atomic mass is 79.9. The highest BCUT2D eigenvalue weighted by Gasteiger charge is 2.22. The van der Waals surface area contributed by atoms with Crippen molar-refractivity contribution in [3.63, 3.8) is 0 Å². The Balaban J connectivity index is 2.33. The van der Waals surface area contributed by atoms with Crippen LogP contribution in [0, 0.1) is 5.92 Å². The SMILES string of the molecule is CC(C)Cn1c(N)c(C(=O)CN(C)Cc2ccccc2Br)c(=O)n(C)c1=O. The van der Waals surface area contributed by atoms with Crippen LogP contribution in [0.5, 0.6) is 0 Å². The Morgan fingerprint density at radius 2 is 1.89 bits per heavy atom. The minimum Gasteiger partial charge on any atom is -0.384 e. The largest absolute Gasteiger partial charge is 0.384 e. The first-order valence-corrected chi connectivity index (χ1v) is 9.47. The van der Waals surface area contributed by atoms with E-state index in [0.717, 1.165) is 14.6 Å². The number of carbonyl (C=O) groups excluding carboxylic acids is 1. The van der Waals surface area contributed by atoms with E-state index in [2.05, 4.69) is 15.9 Å². The van der Waals surface area contributed by atoms with Gasteiger partial charge in [-0.05, 0) is 24.6 Å². The van der Waals surface area contributed by atoms with Crippen LogP contribution >= 0.6 is 15.9 Å². The number of Topliss-reactive ketones (excluding diaryl/α,β-unsaturated/α-hetero) is 1. The third kappa shape index (κ3) is 4.75. The van der Waals surface area contributed by atoms with E-state index < -0.39 is 17.0 Å². The van der Waals surface area contributed by atoms with E-state index in [1.54, 1.807) is 11.9 Å². The van der Waals surface area contributed by atoms with Crippen molar-refractivity contribution in [2.75, 3.05) is 19.3 Å². The molecule has 1 aromatic heterocycles. The second-order valence-electron chi connectivity index (χ2n) is 7.10. The number of hydrogen-bond acceptors (Lipinski definition) is 5. The average Bonchev–Trinajstić information content (AvgIpc) is 2.59. The fourth-order valence-electron chi connectivity index (χ4n) is 2.88. The van der Waals surface area contributed by atoms with E-state index in [-0.39, 0.29) is 23.8 Å². The van der Waals surface area contributed by atoms with Crippen molar-refractivity contribution >= 4 is 27.5 Å². The summed E-state index contributed by atoms with van der Waals surface area (Å²) in [5.41, 5.74) is 5.79. The zero-order chi connectivity index (χ0) is 20.3. The van der Waals surface area contributed by atoms with Gasteiger partial charge in [-0.3, -0.25) is 23.6 Å². The van der Waals surface area contributed by atoms with Crippen LogP contribution in [0.15, 0.2) is 38.3 Å². The number of nitrogen functional groups attached to an aromatic ring is 1. The normalized spacial score (nSPS) is 11.4. The summed E-state index contributed by atoms with van der Waals surface area (Å²) in [7, 11) is 3.16. The smallest absolute Gasteiger partial charge is 0.332 e. The Morgan fingerprint density at radius 3 is 2.48 bits per heavy atom. The van der Waals surface area contributed by atoms with E-state index in [1.807, 2.05) is 38.1 Å². The molecule has 7 nitrogen and oxygen atoms in total. The van der Waals surface area contributed by atoms with E-state index in [4.69, 9.17) is 5.73 Å². The van der Waals surface area contributed by atoms with Gasteiger partial charge in [-0.1, -0.05) is 48.0 Å².